The van der Waals surface area contributed by atoms with E-state index in [4.69, 9.17) is 17.7 Å². The maximum Gasteiger partial charge on any atom is 0.143 e. The molecule has 0 amide bonds. The number of para-hydroxylation sites is 4. The van der Waals surface area contributed by atoms with Crippen LogP contribution in [0.4, 0.5) is 34.1 Å². The van der Waals surface area contributed by atoms with Crippen LogP contribution in [0, 0.1) is 0 Å². The largest absolute Gasteiger partial charge is 0.456 e. The fraction of sp³-hybridized carbons (Fsp3) is 0.0164. The number of rotatable bonds is 15. The van der Waals surface area contributed by atoms with E-state index in [9.17, 15) is 0 Å². The first kappa shape index (κ1) is 72.8. The lowest BCUT2D eigenvalue weighted by Gasteiger charge is -2.35. The molecule has 0 aliphatic heterocycles. The fourth-order valence-electron chi connectivity index (χ4n) is 21.5. The number of hydrogen-bond donors (Lipinski definition) is 0. The molecule has 0 radical (unpaired) electrons. The van der Waals surface area contributed by atoms with E-state index in [1.165, 1.54) is 66.8 Å². The minimum atomic E-state index is -0.603. The van der Waals surface area contributed by atoms with E-state index in [-0.39, 0.29) is 0 Å². The molecule has 0 atom stereocenters. The minimum absolute atomic E-state index is 0.590. The van der Waals surface area contributed by atoms with Crippen LogP contribution in [0.25, 0.3) is 166 Å². The highest BCUT2D eigenvalue weighted by molar-refractivity contribution is 6.13. The van der Waals surface area contributed by atoms with Crippen LogP contribution in [-0.4, -0.2) is 0 Å². The summed E-state index contributed by atoms with van der Waals surface area (Å²) >= 11 is 0. The highest BCUT2D eigenvalue weighted by Gasteiger charge is 2.48. The first-order valence-electron chi connectivity index (χ1n) is 43.9. The van der Waals surface area contributed by atoms with Crippen molar-refractivity contribution in [2.24, 2.45) is 0 Å². The Morgan fingerprint density at radius 2 is 0.461 bits per heavy atom. The van der Waals surface area contributed by atoms with Crippen molar-refractivity contribution in [2.45, 2.75) is 10.8 Å². The van der Waals surface area contributed by atoms with Gasteiger partial charge in [-0.2, -0.15) is 0 Å². The maximum absolute atomic E-state index is 6.98. The molecule has 2 aliphatic carbocycles. The van der Waals surface area contributed by atoms with E-state index in [0.717, 1.165) is 178 Å². The van der Waals surface area contributed by atoms with Crippen molar-refractivity contribution in [1.82, 2.24) is 0 Å². The number of nitrogens with zero attached hydrogens (tertiary/aromatic N) is 2. The van der Waals surface area contributed by atoms with Gasteiger partial charge in [0.2, 0.25) is 0 Å². The summed E-state index contributed by atoms with van der Waals surface area (Å²) in [6.45, 7) is 0. The third-order valence-corrected chi connectivity index (χ3v) is 27.3. The summed E-state index contributed by atoms with van der Waals surface area (Å²) < 4.78 is 26.7. The number of benzene rings is 20. The molecule has 0 saturated carbocycles. The molecule has 20 aromatic carbocycles. The number of hydrogen-bond acceptors (Lipinski definition) is 6. The third kappa shape index (κ3) is 11.2. The molecule has 4 heterocycles. The fourth-order valence-corrected chi connectivity index (χ4v) is 21.5. The zero-order valence-electron chi connectivity index (χ0n) is 69.4. The van der Waals surface area contributed by atoms with E-state index in [0.29, 0.717) is 0 Å². The molecule has 0 fully saturated rings. The highest BCUT2D eigenvalue weighted by Crippen LogP contribution is 2.60. The van der Waals surface area contributed by atoms with Gasteiger partial charge in [0.15, 0.2) is 0 Å². The molecule has 598 valence electrons. The second-order valence-corrected chi connectivity index (χ2v) is 34.0. The molecule has 0 spiro atoms. The predicted molar refractivity (Wildman–Crippen MR) is 527 cm³/mol. The average Bonchev–Trinajstić information content (AvgIpc) is 1.54. The monoisotopic (exact) mass is 1630 g/mol. The van der Waals surface area contributed by atoms with Gasteiger partial charge >= 0.3 is 0 Å². The molecular weight excluding hydrogens is 1560 g/mol. The summed E-state index contributed by atoms with van der Waals surface area (Å²) in [7, 11) is 0. The second kappa shape index (κ2) is 28.9. The van der Waals surface area contributed by atoms with Gasteiger partial charge in [-0.05, 0) is 256 Å². The van der Waals surface area contributed by atoms with Gasteiger partial charge in [0.25, 0.3) is 0 Å². The van der Waals surface area contributed by atoms with Gasteiger partial charge in [-0.3, -0.25) is 0 Å². The van der Waals surface area contributed by atoms with E-state index in [1.54, 1.807) is 0 Å². The van der Waals surface area contributed by atoms with E-state index < -0.39 is 10.8 Å². The third-order valence-electron chi connectivity index (χ3n) is 27.3. The number of anilines is 6. The molecule has 24 aromatic rings. The highest BCUT2D eigenvalue weighted by atomic mass is 16.3. The zero-order chi connectivity index (χ0) is 84.1. The molecule has 0 N–H and O–H groups in total. The Morgan fingerprint density at radius 1 is 0.148 bits per heavy atom. The van der Waals surface area contributed by atoms with Gasteiger partial charge in [0.05, 0.1) is 10.8 Å². The lowest BCUT2D eigenvalue weighted by Crippen LogP contribution is -2.28. The van der Waals surface area contributed by atoms with Crippen molar-refractivity contribution in [3.8, 4) is 77.9 Å². The Kier molecular flexibility index (Phi) is 16.4. The van der Waals surface area contributed by atoms with Crippen molar-refractivity contribution < 1.29 is 17.7 Å². The lowest BCUT2D eigenvalue weighted by molar-refractivity contribution is 0.668. The predicted octanol–water partition coefficient (Wildman–Crippen LogP) is 33.3. The van der Waals surface area contributed by atoms with Crippen molar-refractivity contribution in [2.75, 3.05) is 9.80 Å². The first-order chi connectivity index (χ1) is 63.4. The minimum Gasteiger partial charge on any atom is -0.456 e. The molecule has 0 bridgehead atoms. The Morgan fingerprint density at radius 3 is 0.930 bits per heavy atom. The number of furan rings is 4. The molecule has 2 aliphatic rings. The summed E-state index contributed by atoms with van der Waals surface area (Å²) in [6, 6.07) is 168. The van der Waals surface area contributed by atoms with Crippen LogP contribution in [0.5, 0.6) is 0 Å². The quantitative estimate of drug-likeness (QED) is 0.102. The smallest absolute Gasteiger partial charge is 0.143 e. The van der Waals surface area contributed by atoms with Crippen LogP contribution in [0.15, 0.2) is 479 Å². The topological polar surface area (TPSA) is 59.0 Å². The van der Waals surface area contributed by atoms with Crippen molar-refractivity contribution >= 4 is 122 Å². The summed E-state index contributed by atoms with van der Waals surface area (Å²) in [5, 5.41) is 8.61. The van der Waals surface area contributed by atoms with E-state index in [2.05, 4.69) is 447 Å². The Bertz CT molecular complexity index is 8460. The van der Waals surface area contributed by atoms with Gasteiger partial charge in [-0.25, -0.2) is 0 Å². The van der Waals surface area contributed by atoms with E-state index >= 15 is 0 Å². The lowest BCUT2D eigenvalue weighted by atomic mass is 9.67. The Hall–Kier alpha value is -16.8. The van der Waals surface area contributed by atoms with Crippen LogP contribution in [0.2, 0.25) is 0 Å². The Labute approximate surface area is 738 Å². The number of fused-ring (bicyclic) bond motifs is 18. The normalized spacial score (nSPS) is 13.0. The van der Waals surface area contributed by atoms with Gasteiger partial charge in [-0.1, -0.05) is 322 Å². The average molecular weight is 1630 g/mol. The molecule has 26 rings (SSSR count). The standard InChI is InChI=1S/C122H76N2O4/c1-5-24-84(25-6-1)121(85-26-7-2-8-27-85)109-39-18-13-32-95(109)97-66-63-92(73-111(97)121)123(90-59-48-79(49-60-90)94-37-23-38-103-99-34-15-22-43-115(99)128-120(94)103)88-57-46-78(47-58-88)82-54-69-117-107(71-82)102-65-52-83(72-118(102)127-117)105-76-119-108(101-36-17-21-42-114(101)126-119)75-104(105)80-50-61-91(62-51-80)124(89-55-44-77(45-56-89)81-53-68-116-106(70-81)100-35-16-20-41-113(100)125-116)93-64-67-98-96-33-14-19-40-110(96)122(112(98)74-93,86-28-9-3-10-29-86)87-30-11-4-12-31-87/h1-76H. The molecule has 4 aromatic heterocycles. The van der Waals surface area contributed by atoms with E-state index in [1.807, 2.05) is 24.3 Å². The zero-order valence-corrected chi connectivity index (χ0v) is 69.4. The molecule has 0 unspecified atom stereocenters. The summed E-state index contributed by atoms with van der Waals surface area (Å²) in [4.78, 5) is 4.83. The van der Waals surface area contributed by atoms with Crippen LogP contribution < -0.4 is 9.80 Å². The molecular formula is C122H76N2O4. The second-order valence-electron chi connectivity index (χ2n) is 34.0. The van der Waals surface area contributed by atoms with Crippen molar-refractivity contribution in [3.05, 3.63) is 506 Å². The summed E-state index contributed by atoms with van der Waals surface area (Å²) in [5.74, 6) is 0. The molecule has 128 heavy (non-hydrogen) atoms. The first-order valence-corrected chi connectivity index (χ1v) is 43.9. The van der Waals surface area contributed by atoms with Crippen molar-refractivity contribution in [1.29, 1.82) is 0 Å². The van der Waals surface area contributed by atoms with Crippen molar-refractivity contribution in [3.63, 3.8) is 0 Å². The Balaban J connectivity index is 0.572. The summed E-state index contributed by atoms with van der Waals surface area (Å²) in [5.41, 5.74) is 37.3. The van der Waals surface area contributed by atoms with Gasteiger partial charge in [-0.15, -0.1) is 0 Å². The molecule has 0 saturated heterocycles. The molecule has 6 heteroatoms. The van der Waals surface area contributed by atoms with Crippen LogP contribution in [0.1, 0.15) is 44.5 Å². The van der Waals surface area contributed by atoms with Gasteiger partial charge in [0, 0.05) is 82.8 Å². The van der Waals surface area contributed by atoms with Crippen LogP contribution in [-0.2, 0) is 10.8 Å². The van der Waals surface area contributed by atoms with Crippen LogP contribution >= 0.6 is 0 Å². The van der Waals surface area contributed by atoms with Crippen LogP contribution in [0.3, 0.4) is 0 Å². The maximum atomic E-state index is 6.98. The molecule has 6 nitrogen and oxygen atoms in total. The SMILES string of the molecule is c1ccc(C2(c3ccccc3)c3ccccc3-c3ccc(N(c4ccc(-c5ccc6oc7ccccc7c6c5)cc4)c4ccc(-c5cc6c(cc5-c5ccc7c(c5)oc5ccc(-c8ccc(N(c9ccc(-c%10cccc%11c%10oc%10ccccc%10%11)cc9)c9ccc%10c(c9)C(c9ccccc9)(c9ccccc9)c9ccccc9-%10)cc8)cc57)oc5ccccc56)cc4)cc32)cc1. The van der Waals surface area contributed by atoms with Gasteiger partial charge < -0.3 is 27.5 Å². The summed E-state index contributed by atoms with van der Waals surface area (Å²) in [6.07, 6.45) is 0. The van der Waals surface area contributed by atoms with Gasteiger partial charge in [0.1, 0.15) is 44.7 Å².